The smallest absolute Gasteiger partial charge is 0.306 e. The Kier molecular flexibility index (Phi) is 40.0. The van der Waals surface area contributed by atoms with Gasteiger partial charge in [-0.05, 0) is 64.2 Å². The summed E-state index contributed by atoms with van der Waals surface area (Å²) in [4.78, 5) is 25.1. The van der Waals surface area contributed by atoms with Gasteiger partial charge in [-0.2, -0.15) is 0 Å². The Bertz CT molecular complexity index is 951. The molecule has 0 aromatic rings. The van der Waals surface area contributed by atoms with Crippen molar-refractivity contribution in [2.24, 2.45) is 0 Å². The zero-order valence-electron chi connectivity index (χ0n) is 37.6. The van der Waals surface area contributed by atoms with Gasteiger partial charge in [0.2, 0.25) is 0 Å². The summed E-state index contributed by atoms with van der Waals surface area (Å²) in [5, 5.41) is 0. The van der Waals surface area contributed by atoms with E-state index in [4.69, 9.17) is 18.5 Å². The van der Waals surface area contributed by atoms with Crippen LogP contribution in [0.3, 0.4) is 0 Å². The lowest BCUT2D eigenvalue weighted by atomic mass is 10.1. The molecular formula is C47H92NO7P. The summed E-state index contributed by atoms with van der Waals surface area (Å²) in [7, 11) is 1.36. The number of allylic oxidation sites excluding steroid dienone is 4. The average Bonchev–Trinajstić information content (AvgIpc) is 3.15. The number of carbonyl (C=O) groups is 1. The molecule has 0 amide bonds. The van der Waals surface area contributed by atoms with E-state index in [0.29, 0.717) is 24.1 Å². The molecular weight excluding hydrogens is 721 g/mol. The van der Waals surface area contributed by atoms with E-state index in [1.165, 1.54) is 148 Å². The molecule has 2 atom stereocenters. The van der Waals surface area contributed by atoms with Crippen LogP contribution < -0.4 is 4.89 Å². The van der Waals surface area contributed by atoms with Crippen LogP contribution in [0.15, 0.2) is 24.3 Å². The molecule has 332 valence electrons. The number of hydrogen-bond acceptors (Lipinski definition) is 7. The number of rotatable bonds is 44. The number of hydrogen-bond donors (Lipinski definition) is 0. The summed E-state index contributed by atoms with van der Waals surface area (Å²) in [5.41, 5.74) is 0. The van der Waals surface area contributed by atoms with Gasteiger partial charge in [0.25, 0.3) is 7.82 Å². The molecule has 8 nitrogen and oxygen atoms in total. The zero-order valence-corrected chi connectivity index (χ0v) is 38.5. The molecule has 9 heteroatoms. The molecule has 0 heterocycles. The SMILES string of the molecule is CCCCCCC/C=C\CCCCCCCC(=O)OC(COCCCCCCCCCCCC/C=C\CCCCCCCC)COP(=O)([O-])OCC[N+](C)(C)C. The van der Waals surface area contributed by atoms with Crippen LogP contribution in [0.4, 0.5) is 0 Å². The number of quaternary nitrogens is 1. The largest absolute Gasteiger partial charge is 0.756 e. The minimum Gasteiger partial charge on any atom is -0.756 e. The normalized spacial score (nSPS) is 13.9. The van der Waals surface area contributed by atoms with Crippen LogP contribution in [0.5, 0.6) is 0 Å². The molecule has 0 N–H and O–H groups in total. The molecule has 0 aliphatic heterocycles. The van der Waals surface area contributed by atoms with Crippen molar-refractivity contribution in [3.05, 3.63) is 24.3 Å². The predicted octanol–water partition coefficient (Wildman–Crippen LogP) is 13.4. The summed E-state index contributed by atoms with van der Waals surface area (Å²) in [6.45, 7) is 5.41. The van der Waals surface area contributed by atoms with Crippen molar-refractivity contribution in [1.29, 1.82) is 0 Å². The number of carbonyl (C=O) groups excluding carboxylic acids is 1. The first-order valence-corrected chi connectivity index (χ1v) is 25.0. The number of likely N-dealkylation sites (N-methyl/N-ethyl adjacent to an activating group) is 1. The molecule has 0 aromatic carbocycles. The fraction of sp³-hybridized carbons (Fsp3) is 0.894. The highest BCUT2D eigenvalue weighted by atomic mass is 31.2. The molecule has 0 bridgehead atoms. The minimum absolute atomic E-state index is 0.0257. The molecule has 0 saturated heterocycles. The second-order valence-electron chi connectivity index (χ2n) is 17.1. The average molecular weight is 814 g/mol. The van der Waals surface area contributed by atoms with Crippen molar-refractivity contribution in [1.82, 2.24) is 0 Å². The first-order chi connectivity index (χ1) is 27.1. The number of nitrogens with zero attached hydrogens (tertiary/aromatic N) is 1. The molecule has 0 rings (SSSR count). The second kappa shape index (κ2) is 40.7. The van der Waals surface area contributed by atoms with Gasteiger partial charge in [-0.1, -0.05) is 167 Å². The molecule has 0 radical (unpaired) electrons. The van der Waals surface area contributed by atoms with Crippen LogP contribution in [-0.2, 0) is 27.9 Å². The van der Waals surface area contributed by atoms with Gasteiger partial charge in [0.15, 0.2) is 0 Å². The number of unbranched alkanes of at least 4 members (excludes halogenated alkanes) is 26. The Morgan fingerprint density at radius 3 is 1.36 bits per heavy atom. The molecule has 56 heavy (non-hydrogen) atoms. The van der Waals surface area contributed by atoms with Gasteiger partial charge >= 0.3 is 5.97 Å². The molecule has 0 aromatic heterocycles. The number of phosphoric acid groups is 1. The Morgan fingerprint density at radius 2 is 0.929 bits per heavy atom. The van der Waals surface area contributed by atoms with Crippen molar-refractivity contribution in [3.8, 4) is 0 Å². The first-order valence-electron chi connectivity index (χ1n) is 23.6. The quantitative estimate of drug-likeness (QED) is 0.0199. The van der Waals surface area contributed by atoms with Gasteiger partial charge in [0.05, 0.1) is 34.4 Å². The topological polar surface area (TPSA) is 94.1 Å². The van der Waals surface area contributed by atoms with Crippen LogP contribution in [0.2, 0.25) is 0 Å². The fourth-order valence-electron chi connectivity index (χ4n) is 6.54. The minimum atomic E-state index is -4.52. The van der Waals surface area contributed by atoms with Crippen LogP contribution in [0, 0.1) is 0 Å². The van der Waals surface area contributed by atoms with E-state index in [2.05, 4.69) is 38.2 Å². The molecule has 0 spiro atoms. The highest BCUT2D eigenvalue weighted by Crippen LogP contribution is 2.38. The molecule has 2 unspecified atom stereocenters. The summed E-state index contributed by atoms with van der Waals surface area (Å²) in [6, 6.07) is 0. The van der Waals surface area contributed by atoms with E-state index in [-0.39, 0.29) is 25.8 Å². The van der Waals surface area contributed by atoms with Crippen molar-refractivity contribution in [2.75, 3.05) is 54.1 Å². The van der Waals surface area contributed by atoms with Gasteiger partial charge in [-0.25, -0.2) is 0 Å². The zero-order chi connectivity index (χ0) is 41.3. The first kappa shape index (κ1) is 55.0. The van der Waals surface area contributed by atoms with Gasteiger partial charge in [-0.3, -0.25) is 9.36 Å². The monoisotopic (exact) mass is 814 g/mol. The van der Waals surface area contributed by atoms with Gasteiger partial charge in [0, 0.05) is 13.0 Å². The highest BCUT2D eigenvalue weighted by molar-refractivity contribution is 7.45. The molecule has 0 aliphatic rings. The molecule has 0 fully saturated rings. The van der Waals surface area contributed by atoms with E-state index in [0.717, 1.165) is 44.9 Å². The maximum absolute atomic E-state index is 12.7. The summed E-state index contributed by atoms with van der Waals surface area (Å²) >= 11 is 0. The Morgan fingerprint density at radius 1 is 0.536 bits per heavy atom. The van der Waals surface area contributed by atoms with Crippen LogP contribution in [0.25, 0.3) is 0 Å². The van der Waals surface area contributed by atoms with Gasteiger partial charge in [-0.15, -0.1) is 0 Å². The summed E-state index contributed by atoms with van der Waals surface area (Å²) in [6.07, 6.45) is 46.2. The lowest BCUT2D eigenvalue weighted by Crippen LogP contribution is -2.37. The molecule has 0 saturated carbocycles. The van der Waals surface area contributed by atoms with Crippen molar-refractivity contribution in [3.63, 3.8) is 0 Å². The van der Waals surface area contributed by atoms with E-state index in [1.54, 1.807) is 0 Å². The second-order valence-corrected chi connectivity index (χ2v) is 18.5. The Labute approximate surface area is 347 Å². The number of phosphoric ester groups is 1. The Balaban J connectivity index is 4.16. The van der Waals surface area contributed by atoms with E-state index in [1.807, 2.05) is 21.1 Å². The third-order valence-corrected chi connectivity index (χ3v) is 11.2. The van der Waals surface area contributed by atoms with Gasteiger partial charge < -0.3 is 27.9 Å². The fourth-order valence-corrected chi connectivity index (χ4v) is 7.26. The maximum atomic E-state index is 12.7. The van der Waals surface area contributed by atoms with Crippen molar-refractivity contribution in [2.45, 2.75) is 219 Å². The predicted molar refractivity (Wildman–Crippen MR) is 236 cm³/mol. The standard InChI is InChI=1S/C47H92NO7P/c1-6-8-10-12-14-16-18-20-22-23-24-25-26-27-29-31-33-35-37-39-42-52-44-46(45-54-56(50,51)53-43-41-48(3,4)5)55-47(49)40-38-36-34-32-30-28-21-19-17-15-13-11-9-7-2/h19-22,46H,6-18,23-45H2,1-5H3/b21-19-,22-20-. The van der Waals surface area contributed by atoms with Crippen molar-refractivity contribution < 1.29 is 37.3 Å². The van der Waals surface area contributed by atoms with Crippen molar-refractivity contribution >= 4 is 13.8 Å². The summed E-state index contributed by atoms with van der Waals surface area (Å²) < 4.78 is 34.6. The van der Waals surface area contributed by atoms with Crippen LogP contribution in [-0.4, -0.2) is 70.7 Å². The van der Waals surface area contributed by atoms with E-state index >= 15 is 0 Å². The number of esters is 1. The van der Waals surface area contributed by atoms with Gasteiger partial charge in [0.1, 0.15) is 19.3 Å². The van der Waals surface area contributed by atoms with E-state index in [9.17, 15) is 14.3 Å². The number of ether oxygens (including phenoxy) is 2. The Hall–Kier alpha value is -1.02. The third kappa shape index (κ3) is 44.1. The lowest BCUT2D eigenvalue weighted by molar-refractivity contribution is -0.870. The van der Waals surface area contributed by atoms with Crippen LogP contribution in [0.1, 0.15) is 213 Å². The van der Waals surface area contributed by atoms with Crippen LogP contribution >= 0.6 is 7.82 Å². The summed E-state index contributed by atoms with van der Waals surface area (Å²) in [5.74, 6) is -0.341. The van der Waals surface area contributed by atoms with E-state index < -0.39 is 13.9 Å². The molecule has 0 aliphatic carbocycles. The lowest BCUT2D eigenvalue weighted by Gasteiger charge is -2.28. The highest BCUT2D eigenvalue weighted by Gasteiger charge is 2.20. The maximum Gasteiger partial charge on any atom is 0.306 e. The third-order valence-electron chi connectivity index (χ3n) is 10.2.